The number of amides is 1. The van der Waals surface area contributed by atoms with Gasteiger partial charge in [-0.1, -0.05) is 11.6 Å². The lowest BCUT2D eigenvalue weighted by atomic mass is 10.3. The Morgan fingerprint density at radius 3 is 2.89 bits per heavy atom. The van der Waals surface area contributed by atoms with Crippen LogP contribution in [0, 0.1) is 0 Å². The molecule has 0 bridgehead atoms. The van der Waals surface area contributed by atoms with Gasteiger partial charge in [-0.15, -0.1) is 0 Å². The van der Waals surface area contributed by atoms with E-state index in [1.165, 1.54) is 6.20 Å². The van der Waals surface area contributed by atoms with E-state index < -0.39 is 0 Å². The number of aliphatic hydroxyl groups is 1. The molecule has 0 atom stereocenters. The molecule has 0 radical (unpaired) electrons. The van der Waals surface area contributed by atoms with Crippen molar-refractivity contribution in [3.8, 4) is 0 Å². The lowest BCUT2D eigenvalue weighted by molar-refractivity contribution is 0.0946. The Balaban J connectivity index is 2.09. The summed E-state index contributed by atoms with van der Waals surface area (Å²) in [5.74, 6) is 0.218. The molecule has 0 saturated carbocycles. The summed E-state index contributed by atoms with van der Waals surface area (Å²) in [5, 5.41) is 11.6. The minimum Gasteiger partial charge on any atom is -0.396 e. The quantitative estimate of drug-likeness (QED) is 0.784. The highest BCUT2D eigenvalue weighted by Crippen LogP contribution is 2.19. The highest BCUT2D eigenvalue weighted by atomic mass is 35.5. The molecule has 1 aliphatic heterocycles. The number of nitrogens with one attached hydrogen (secondary N) is 1. The molecule has 1 amide bonds. The minimum absolute atomic E-state index is 0.0385. The Hall–Kier alpha value is -1.40. The van der Waals surface area contributed by atoms with Crippen LogP contribution in [-0.2, 0) is 0 Å². The van der Waals surface area contributed by atoms with E-state index >= 15 is 0 Å². The maximum Gasteiger partial charge on any atom is 0.271 e. The number of anilines is 1. The lowest BCUT2D eigenvalue weighted by Gasteiger charge is -2.15. The number of hydrogen-bond acceptors (Lipinski definition) is 5. The van der Waals surface area contributed by atoms with E-state index in [4.69, 9.17) is 16.7 Å². The van der Waals surface area contributed by atoms with Crippen molar-refractivity contribution in [2.24, 2.45) is 0 Å². The molecule has 2 heterocycles. The Morgan fingerprint density at radius 1 is 1.47 bits per heavy atom. The van der Waals surface area contributed by atoms with Crippen LogP contribution in [0.25, 0.3) is 0 Å². The molecule has 0 unspecified atom stereocenters. The monoisotopic (exact) mass is 284 g/mol. The van der Waals surface area contributed by atoms with Crippen LogP contribution in [0.1, 0.15) is 29.8 Å². The highest BCUT2D eigenvalue weighted by molar-refractivity contribution is 6.33. The van der Waals surface area contributed by atoms with E-state index in [9.17, 15) is 4.79 Å². The maximum atomic E-state index is 11.9. The van der Waals surface area contributed by atoms with Gasteiger partial charge in [-0.05, 0) is 19.3 Å². The fraction of sp³-hybridized carbons (Fsp3) is 0.583. The van der Waals surface area contributed by atoms with Crippen LogP contribution in [0.2, 0.25) is 5.02 Å². The molecule has 2 N–H and O–H groups in total. The Bertz CT molecular complexity index is 449. The molecule has 19 heavy (non-hydrogen) atoms. The standard InChI is InChI=1S/C12H17ClN4O2/c13-9-8-15-12(17-5-1-2-6-17)16-10(9)11(19)14-4-3-7-18/h8,18H,1-7H2,(H,14,19). The van der Waals surface area contributed by atoms with Gasteiger partial charge in [0.25, 0.3) is 5.91 Å². The van der Waals surface area contributed by atoms with Crippen LogP contribution in [0.4, 0.5) is 5.95 Å². The summed E-state index contributed by atoms with van der Waals surface area (Å²) in [6, 6.07) is 0. The average molecular weight is 285 g/mol. The first-order chi connectivity index (χ1) is 9.22. The van der Waals surface area contributed by atoms with E-state index in [2.05, 4.69) is 15.3 Å². The summed E-state index contributed by atoms with van der Waals surface area (Å²) in [7, 11) is 0. The summed E-state index contributed by atoms with van der Waals surface area (Å²) in [5.41, 5.74) is 0.191. The molecular formula is C12H17ClN4O2. The van der Waals surface area contributed by atoms with Crippen molar-refractivity contribution in [1.29, 1.82) is 0 Å². The predicted molar refractivity (Wildman–Crippen MR) is 72.5 cm³/mol. The topological polar surface area (TPSA) is 78.3 Å². The second kappa shape index (κ2) is 6.68. The van der Waals surface area contributed by atoms with Gasteiger partial charge in [0.05, 0.1) is 11.2 Å². The van der Waals surface area contributed by atoms with Gasteiger partial charge in [0.2, 0.25) is 5.95 Å². The molecule has 1 fully saturated rings. The third kappa shape index (κ3) is 3.54. The van der Waals surface area contributed by atoms with E-state index in [0.29, 0.717) is 18.9 Å². The summed E-state index contributed by atoms with van der Waals surface area (Å²) >= 11 is 5.96. The molecule has 6 nitrogen and oxygen atoms in total. The third-order valence-electron chi connectivity index (χ3n) is 2.96. The number of nitrogens with zero attached hydrogens (tertiary/aromatic N) is 3. The van der Waals surface area contributed by atoms with Gasteiger partial charge < -0.3 is 15.3 Å². The van der Waals surface area contributed by atoms with Gasteiger partial charge >= 0.3 is 0 Å². The van der Waals surface area contributed by atoms with Gasteiger partial charge in [-0.2, -0.15) is 0 Å². The first kappa shape index (κ1) is 14.0. The van der Waals surface area contributed by atoms with Crippen molar-refractivity contribution in [3.63, 3.8) is 0 Å². The van der Waals surface area contributed by atoms with E-state index in [1.807, 2.05) is 4.90 Å². The van der Waals surface area contributed by atoms with Crippen molar-refractivity contribution in [2.45, 2.75) is 19.3 Å². The zero-order valence-electron chi connectivity index (χ0n) is 10.6. The number of aliphatic hydroxyl groups excluding tert-OH is 1. The molecule has 1 aliphatic rings. The Morgan fingerprint density at radius 2 is 2.21 bits per heavy atom. The molecule has 0 spiro atoms. The van der Waals surface area contributed by atoms with Crippen molar-refractivity contribution in [1.82, 2.24) is 15.3 Å². The van der Waals surface area contributed by atoms with Crippen LogP contribution in [0.15, 0.2) is 6.20 Å². The third-order valence-corrected chi connectivity index (χ3v) is 3.23. The molecule has 1 aromatic rings. The maximum absolute atomic E-state index is 11.9. The number of carbonyl (C=O) groups is 1. The summed E-state index contributed by atoms with van der Waals surface area (Å²) in [6.45, 7) is 2.26. The zero-order valence-corrected chi connectivity index (χ0v) is 11.4. The zero-order chi connectivity index (χ0) is 13.7. The molecule has 1 saturated heterocycles. The number of rotatable bonds is 5. The van der Waals surface area contributed by atoms with Crippen molar-refractivity contribution >= 4 is 23.5 Å². The number of carbonyl (C=O) groups excluding carboxylic acids is 1. The highest BCUT2D eigenvalue weighted by Gasteiger charge is 2.19. The molecule has 0 aromatic carbocycles. The predicted octanol–water partition coefficient (Wildman–Crippen LogP) is 0.842. The van der Waals surface area contributed by atoms with Crippen molar-refractivity contribution < 1.29 is 9.90 Å². The first-order valence-electron chi connectivity index (χ1n) is 6.39. The molecule has 1 aromatic heterocycles. The van der Waals surface area contributed by atoms with E-state index in [0.717, 1.165) is 25.9 Å². The van der Waals surface area contributed by atoms with Gasteiger partial charge in [-0.3, -0.25) is 4.79 Å². The fourth-order valence-electron chi connectivity index (χ4n) is 1.95. The Kier molecular flexibility index (Phi) is 4.93. The van der Waals surface area contributed by atoms with Crippen LogP contribution in [0.5, 0.6) is 0 Å². The summed E-state index contributed by atoms with van der Waals surface area (Å²) < 4.78 is 0. The van der Waals surface area contributed by atoms with Crippen LogP contribution in [-0.4, -0.2) is 47.2 Å². The molecule has 0 aliphatic carbocycles. The normalized spacial score (nSPS) is 14.7. The van der Waals surface area contributed by atoms with Gasteiger partial charge in [-0.25, -0.2) is 9.97 Å². The van der Waals surface area contributed by atoms with Crippen LogP contribution >= 0.6 is 11.6 Å². The Labute approximate surface area is 116 Å². The largest absolute Gasteiger partial charge is 0.396 e. The summed E-state index contributed by atoms with van der Waals surface area (Å²) in [4.78, 5) is 22.4. The van der Waals surface area contributed by atoms with Crippen LogP contribution in [0.3, 0.4) is 0 Å². The lowest BCUT2D eigenvalue weighted by Crippen LogP contribution is -2.28. The van der Waals surface area contributed by atoms with Crippen LogP contribution < -0.4 is 10.2 Å². The second-order valence-corrected chi connectivity index (χ2v) is 4.80. The van der Waals surface area contributed by atoms with E-state index in [1.54, 1.807) is 0 Å². The molecule has 7 heteroatoms. The van der Waals surface area contributed by atoms with Gasteiger partial charge in [0, 0.05) is 26.2 Å². The molecule has 2 rings (SSSR count). The number of hydrogen-bond donors (Lipinski definition) is 2. The summed E-state index contributed by atoms with van der Waals surface area (Å²) in [6.07, 6.45) is 4.20. The SMILES string of the molecule is O=C(NCCCO)c1nc(N2CCCC2)ncc1Cl. The first-order valence-corrected chi connectivity index (χ1v) is 6.76. The van der Waals surface area contributed by atoms with Crippen molar-refractivity contribution in [3.05, 3.63) is 16.9 Å². The van der Waals surface area contributed by atoms with Crippen molar-refractivity contribution in [2.75, 3.05) is 31.1 Å². The van der Waals surface area contributed by atoms with E-state index in [-0.39, 0.29) is 23.2 Å². The van der Waals surface area contributed by atoms with Gasteiger partial charge in [0.1, 0.15) is 0 Å². The van der Waals surface area contributed by atoms with Gasteiger partial charge in [0.15, 0.2) is 5.69 Å². The molecular weight excluding hydrogens is 268 g/mol. The minimum atomic E-state index is -0.332. The fourth-order valence-corrected chi connectivity index (χ4v) is 2.13. The average Bonchev–Trinajstić information content (AvgIpc) is 2.93. The smallest absolute Gasteiger partial charge is 0.271 e. The second-order valence-electron chi connectivity index (χ2n) is 4.39. The number of halogens is 1. The number of aromatic nitrogens is 2. The molecule has 104 valence electrons.